The van der Waals surface area contributed by atoms with Gasteiger partial charge in [-0.15, -0.1) is 21.5 Å². The number of hydrogen-bond acceptors (Lipinski definition) is 6. The molecule has 2 aromatic rings. The van der Waals surface area contributed by atoms with Crippen molar-refractivity contribution >= 4 is 27.3 Å². The molecular formula is C20H28N4O3S2. The summed E-state index contributed by atoms with van der Waals surface area (Å²) in [6.07, 6.45) is 2.85. The molecule has 1 saturated heterocycles. The molecule has 0 aliphatic carbocycles. The topological polar surface area (TPSA) is 83.5 Å². The number of piperidine rings is 1. The Morgan fingerprint density at radius 1 is 1.24 bits per heavy atom. The van der Waals surface area contributed by atoms with Gasteiger partial charge in [-0.25, -0.2) is 12.7 Å². The molecule has 0 radical (unpaired) electrons. The molecule has 1 aliphatic heterocycles. The first-order valence-corrected chi connectivity index (χ1v) is 12.1. The summed E-state index contributed by atoms with van der Waals surface area (Å²) in [6, 6.07) is 6.17. The van der Waals surface area contributed by atoms with E-state index in [-0.39, 0.29) is 16.7 Å². The highest BCUT2D eigenvalue weighted by Crippen LogP contribution is 2.30. The van der Waals surface area contributed by atoms with Crippen LogP contribution in [0.1, 0.15) is 53.0 Å². The summed E-state index contributed by atoms with van der Waals surface area (Å²) < 4.78 is 25.6. The third-order valence-corrected chi connectivity index (χ3v) is 7.94. The molecule has 9 heteroatoms. The fraction of sp³-hybridized carbons (Fsp3) is 0.550. The lowest BCUT2D eigenvalue weighted by Gasteiger charge is -2.31. The molecule has 1 fully saturated rings. The molecule has 1 unspecified atom stereocenters. The van der Waals surface area contributed by atoms with Gasteiger partial charge in [0.15, 0.2) is 0 Å². The first kappa shape index (κ1) is 21.9. The van der Waals surface area contributed by atoms with E-state index < -0.39 is 10.0 Å². The Labute approximate surface area is 176 Å². The second kappa shape index (κ2) is 8.89. The number of likely N-dealkylation sites (tertiary alicyclic amines) is 1. The van der Waals surface area contributed by atoms with Gasteiger partial charge in [0.25, 0.3) is 5.91 Å². The molecule has 1 aliphatic rings. The first-order valence-electron chi connectivity index (χ1n) is 9.82. The van der Waals surface area contributed by atoms with Crippen LogP contribution in [0.25, 0.3) is 0 Å². The molecule has 7 nitrogen and oxygen atoms in total. The van der Waals surface area contributed by atoms with Gasteiger partial charge in [0, 0.05) is 45.1 Å². The van der Waals surface area contributed by atoms with E-state index in [1.165, 1.54) is 26.2 Å². The number of carbonyl (C=O) groups is 1. The summed E-state index contributed by atoms with van der Waals surface area (Å²) >= 11 is 1.65. The van der Waals surface area contributed by atoms with Gasteiger partial charge in [-0.3, -0.25) is 4.79 Å². The molecule has 158 valence electrons. The quantitative estimate of drug-likeness (QED) is 0.695. The number of nitrogens with zero attached hydrogens (tertiary/aromatic N) is 4. The highest BCUT2D eigenvalue weighted by Gasteiger charge is 2.28. The van der Waals surface area contributed by atoms with Crippen molar-refractivity contribution in [3.05, 3.63) is 39.8 Å². The van der Waals surface area contributed by atoms with Crippen LogP contribution in [0.15, 0.2) is 29.2 Å². The monoisotopic (exact) mass is 436 g/mol. The third kappa shape index (κ3) is 5.02. The molecule has 0 saturated carbocycles. The van der Waals surface area contributed by atoms with Gasteiger partial charge < -0.3 is 4.90 Å². The molecule has 0 spiro atoms. The number of aromatic nitrogens is 2. The lowest BCUT2D eigenvalue weighted by molar-refractivity contribution is 0.0706. The molecule has 2 heterocycles. The van der Waals surface area contributed by atoms with Crippen LogP contribution in [0.3, 0.4) is 0 Å². The summed E-state index contributed by atoms with van der Waals surface area (Å²) in [5, 5.41) is 10.7. The predicted octanol–water partition coefficient (Wildman–Crippen LogP) is 3.01. The molecular weight excluding hydrogens is 408 g/mol. The summed E-state index contributed by atoms with van der Waals surface area (Å²) in [6.45, 7) is 5.64. The van der Waals surface area contributed by atoms with Crippen molar-refractivity contribution in [1.29, 1.82) is 0 Å². The number of carbonyl (C=O) groups excluding carboxylic acids is 1. The second-order valence-corrected chi connectivity index (χ2v) is 11.3. The van der Waals surface area contributed by atoms with Crippen LogP contribution in [-0.4, -0.2) is 60.9 Å². The van der Waals surface area contributed by atoms with Crippen molar-refractivity contribution in [2.24, 2.45) is 5.92 Å². The summed E-state index contributed by atoms with van der Waals surface area (Å²) in [5.74, 6) is 0.675. The maximum Gasteiger partial charge on any atom is 0.253 e. The van der Waals surface area contributed by atoms with E-state index in [4.69, 9.17) is 0 Å². The number of rotatable bonds is 6. The average Bonchev–Trinajstić information content (AvgIpc) is 3.15. The van der Waals surface area contributed by atoms with E-state index in [9.17, 15) is 13.2 Å². The van der Waals surface area contributed by atoms with E-state index >= 15 is 0 Å². The van der Waals surface area contributed by atoms with Crippen molar-refractivity contribution in [2.75, 3.05) is 27.2 Å². The zero-order valence-electron chi connectivity index (χ0n) is 17.3. The van der Waals surface area contributed by atoms with E-state index in [0.717, 1.165) is 33.6 Å². The van der Waals surface area contributed by atoms with Crippen molar-refractivity contribution in [2.45, 2.75) is 43.9 Å². The predicted molar refractivity (Wildman–Crippen MR) is 114 cm³/mol. The average molecular weight is 437 g/mol. The van der Waals surface area contributed by atoms with Crippen LogP contribution in [-0.2, 0) is 16.4 Å². The Balaban J connectivity index is 1.70. The Kier molecular flexibility index (Phi) is 6.70. The summed E-state index contributed by atoms with van der Waals surface area (Å²) in [5.41, 5.74) is 0.501. The Bertz CT molecular complexity index is 952. The van der Waals surface area contributed by atoms with Crippen molar-refractivity contribution in [3.63, 3.8) is 0 Å². The van der Waals surface area contributed by atoms with Gasteiger partial charge in [-0.2, -0.15) is 0 Å². The van der Waals surface area contributed by atoms with Crippen molar-refractivity contribution in [1.82, 2.24) is 19.4 Å². The summed E-state index contributed by atoms with van der Waals surface area (Å²) in [7, 11) is -0.524. The lowest BCUT2D eigenvalue weighted by atomic mass is 9.98. The first-order chi connectivity index (χ1) is 13.7. The Morgan fingerprint density at radius 3 is 2.55 bits per heavy atom. The van der Waals surface area contributed by atoms with Gasteiger partial charge >= 0.3 is 0 Å². The van der Waals surface area contributed by atoms with Crippen LogP contribution in [0.4, 0.5) is 0 Å². The molecule has 1 atom stereocenters. The zero-order chi connectivity index (χ0) is 21.2. The molecule has 1 amide bonds. The van der Waals surface area contributed by atoms with Crippen molar-refractivity contribution < 1.29 is 13.2 Å². The number of benzene rings is 1. The summed E-state index contributed by atoms with van der Waals surface area (Å²) in [4.78, 5) is 15.0. The molecule has 0 N–H and O–H groups in total. The lowest BCUT2D eigenvalue weighted by Crippen LogP contribution is -2.39. The Morgan fingerprint density at radius 2 is 1.93 bits per heavy atom. The highest BCUT2D eigenvalue weighted by atomic mass is 32.2. The standard InChI is InChI=1S/C20H28N4O3S2/c1-14(2)12-18-21-22-19(28-18)16-6-5-11-24(13-16)20(25)15-7-9-17(10-8-15)29(26,27)23(3)4/h7-10,14,16H,5-6,11-13H2,1-4H3. The van der Waals surface area contributed by atoms with E-state index in [2.05, 4.69) is 24.0 Å². The van der Waals surface area contributed by atoms with Gasteiger partial charge in [-0.1, -0.05) is 13.8 Å². The maximum atomic E-state index is 13.0. The fourth-order valence-corrected chi connectivity index (χ4v) is 5.47. The molecule has 29 heavy (non-hydrogen) atoms. The third-order valence-electron chi connectivity index (χ3n) is 5.00. The zero-order valence-corrected chi connectivity index (χ0v) is 19.0. The number of sulfonamides is 1. The largest absolute Gasteiger partial charge is 0.338 e. The number of amides is 1. The second-order valence-electron chi connectivity index (χ2n) is 8.03. The van der Waals surface area contributed by atoms with Crippen LogP contribution in [0.2, 0.25) is 0 Å². The minimum atomic E-state index is -3.50. The maximum absolute atomic E-state index is 13.0. The van der Waals surface area contributed by atoms with Gasteiger partial charge in [0.1, 0.15) is 10.0 Å². The van der Waals surface area contributed by atoms with Crippen LogP contribution < -0.4 is 0 Å². The molecule has 0 bridgehead atoms. The Hall–Kier alpha value is -1.84. The number of hydrogen-bond donors (Lipinski definition) is 0. The normalized spacial score (nSPS) is 17.9. The van der Waals surface area contributed by atoms with Gasteiger partial charge in [-0.05, 0) is 43.0 Å². The van der Waals surface area contributed by atoms with E-state index in [1.807, 2.05) is 4.90 Å². The van der Waals surface area contributed by atoms with Crippen LogP contribution >= 0.6 is 11.3 Å². The van der Waals surface area contributed by atoms with E-state index in [0.29, 0.717) is 24.6 Å². The molecule has 1 aromatic heterocycles. The van der Waals surface area contributed by atoms with Crippen LogP contribution in [0, 0.1) is 5.92 Å². The van der Waals surface area contributed by atoms with Gasteiger partial charge in [0.2, 0.25) is 10.0 Å². The minimum Gasteiger partial charge on any atom is -0.338 e. The molecule has 3 rings (SSSR count). The van der Waals surface area contributed by atoms with Gasteiger partial charge in [0.05, 0.1) is 4.90 Å². The van der Waals surface area contributed by atoms with E-state index in [1.54, 1.807) is 23.5 Å². The molecule has 1 aromatic carbocycles. The minimum absolute atomic E-state index is 0.0737. The van der Waals surface area contributed by atoms with Crippen LogP contribution in [0.5, 0.6) is 0 Å². The smallest absolute Gasteiger partial charge is 0.253 e. The van der Waals surface area contributed by atoms with Crippen molar-refractivity contribution in [3.8, 4) is 0 Å². The highest BCUT2D eigenvalue weighted by molar-refractivity contribution is 7.89. The SMILES string of the molecule is CC(C)Cc1nnc(C2CCCN(C(=O)c3ccc(S(=O)(=O)N(C)C)cc3)C2)s1. The fourth-order valence-electron chi connectivity index (χ4n) is 3.39.